The third-order valence-electron chi connectivity index (χ3n) is 5.66. The summed E-state index contributed by atoms with van der Waals surface area (Å²) in [4.78, 5) is 12.8. The molecule has 0 spiro atoms. The van der Waals surface area contributed by atoms with Crippen LogP contribution in [0.4, 0.5) is 0 Å². The number of fused-ring (bicyclic) bond motifs is 3. The molecule has 0 unspecified atom stereocenters. The summed E-state index contributed by atoms with van der Waals surface area (Å²) in [6, 6.07) is 21.9. The topological polar surface area (TPSA) is 50.4 Å². The molecule has 32 heavy (non-hydrogen) atoms. The minimum atomic E-state index is -0.0971. The smallest absolute Gasteiger partial charge is 0.251 e. The predicted molar refractivity (Wildman–Crippen MR) is 129 cm³/mol. The van der Waals surface area contributed by atoms with Gasteiger partial charge in [-0.05, 0) is 78.4 Å². The first kappa shape index (κ1) is 22.4. The van der Waals surface area contributed by atoms with Crippen molar-refractivity contribution in [3.05, 3.63) is 99.6 Å². The fraction of sp³-hybridized carbons (Fsp3) is 0.296. The number of amides is 1. The molecule has 0 radical (unpaired) electrons. The number of ether oxygens (including phenoxy) is 1. The number of carbonyl (C=O) groups excluding carboxylic acids is 1. The van der Waals surface area contributed by atoms with Gasteiger partial charge in [-0.1, -0.05) is 48.0 Å². The summed E-state index contributed by atoms with van der Waals surface area (Å²) >= 11 is 5.94. The van der Waals surface area contributed by atoms with Crippen LogP contribution in [0.1, 0.15) is 51.9 Å². The summed E-state index contributed by atoms with van der Waals surface area (Å²) in [5.41, 5.74) is 5.17. The Bertz CT molecular complexity index is 1050. The Morgan fingerprint density at radius 3 is 2.69 bits per heavy atom. The normalized spacial score (nSPS) is 14.5. The molecular weight excluding hydrogens is 420 g/mol. The lowest BCUT2D eigenvalue weighted by Crippen LogP contribution is -2.23. The first-order chi connectivity index (χ1) is 15.7. The fourth-order valence-electron chi connectivity index (χ4n) is 3.90. The highest BCUT2D eigenvalue weighted by Gasteiger charge is 2.12. The van der Waals surface area contributed by atoms with Gasteiger partial charge in [-0.2, -0.15) is 0 Å². The van der Waals surface area contributed by atoms with Crippen LogP contribution in [0.3, 0.4) is 0 Å². The van der Waals surface area contributed by atoms with Crippen molar-refractivity contribution in [2.45, 2.75) is 38.8 Å². The van der Waals surface area contributed by atoms with E-state index in [1.807, 2.05) is 42.5 Å². The van der Waals surface area contributed by atoms with Crippen LogP contribution in [-0.2, 0) is 19.5 Å². The Morgan fingerprint density at radius 2 is 1.81 bits per heavy atom. The van der Waals surface area contributed by atoms with Crippen LogP contribution < -0.4 is 15.4 Å². The predicted octanol–water partition coefficient (Wildman–Crippen LogP) is 5.51. The van der Waals surface area contributed by atoms with Crippen molar-refractivity contribution < 1.29 is 9.53 Å². The maximum Gasteiger partial charge on any atom is 0.251 e. The molecule has 166 valence electrons. The number of hydrogen-bond donors (Lipinski definition) is 2. The van der Waals surface area contributed by atoms with Gasteiger partial charge in [-0.25, -0.2) is 0 Å². The summed E-state index contributed by atoms with van der Waals surface area (Å²) in [6.45, 7) is 3.05. The Balaban J connectivity index is 1.53. The molecule has 1 amide bonds. The van der Waals surface area contributed by atoms with Crippen LogP contribution in [0.5, 0.6) is 5.75 Å². The minimum Gasteiger partial charge on any atom is -0.493 e. The highest BCUT2D eigenvalue weighted by molar-refractivity contribution is 6.30. The number of nitrogens with one attached hydrogen (secondary N) is 2. The van der Waals surface area contributed by atoms with Gasteiger partial charge < -0.3 is 15.4 Å². The average molecular weight is 449 g/mol. The molecule has 4 nitrogen and oxygen atoms in total. The third-order valence-corrected chi connectivity index (χ3v) is 5.91. The van der Waals surface area contributed by atoms with Crippen molar-refractivity contribution in [3.63, 3.8) is 0 Å². The number of carbonyl (C=O) groups is 1. The molecule has 5 heteroatoms. The first-order valence-corrected chi connectivity index (χ1v) is 11.6. The van der Waals surface area contributed by atoms with Crippen molar-refractivity contribution in [1.29, 1.82) is 0 Å². The zero-order valence-electron chi connectivity index (χ0n) is 18.2. The second-order valence-corrected chi connectivity index (χ2v) is 8.65. The van der Waals surface area contributed by atoms with E-state index in [4.69, 9.17) is 16.3 Å². The Labute approximate surface area is 195 Å². The van der Waals surface area contributed by atoms with E-state index in [1.54, 1.807) is 0 Å². The highest BCUT2D eigenvalue weighted by Crippen LogP contribution is 2.25. The Hall–Kier alpha value is -2.82. The van der Waals surface area contributed by atoms with Crippen LogP contribution in [0.15, 0.2) is 66.7 Å². The molecular formula is C27H29ClN2O2. The lowest BCUT2D eigenvalue weighted by molar-refractivity contribution is 0.0950. The van der Waals surface area contributed by atoms with E-state index in [-0.39, 0.29) is 5.91 Å². The Morgan fingerprint density at radius 1 is 0.969 bits per heavy atom. The van der Waals surface area contributed by atoms with Gasteiger partial charge in [0, 0.05) is 30.1 Å². The van der Waals surface area contributed by atoms with Gasteiger partial charge >= 0.3 is 0 Å². The highest BCUT2D eigenvalue weighted by atomic mass is 35.5. The van der Waals surface area contributed by atoms with Gasteiger partial charge in [0.05, 0.1) is 6.61 Å². The van der Waals surface area contributed by atoms with E-state index in [0.717, 1.165) is 55.6 Å². The van der Waals surface area contributed by atoms with Gasteiger partial charge in [0.2, 0.25) is 0 Å². The molecule has 1 aliphatic rings. The fourth-order valence-corrected chi connectivity index (χ4v) is 4.03. The SMILES string of the molecule is O=C(NCc1ccc(Cl)cc1)c1ccc2c(c1)Cc1cccc(c1)CNCCCCCO2. The molecule has 3 aromatic carbocycles. The number of benzene rings is 3. The monoisotopic (exact) mass is 448 g/mol. The molecule has 0 atom stereocenters. The quantitative estimate of drug-likeness (QED) is 0.555. The molecule has 2 N–H and O–H groups in total. The van der Waals surface area contributed by atoms with E-state index in [0.29, 0.717) is 23.7 Å². The van der Waals surface area contributed by atoms with Crippen molar-refractivity contribution >= 4 is 17.5 Å². The molecule has 2 bridgehead atoms. The van der Waals surface area contributed by atoms with Gasteiger partial charge in [0.25, 0.3) is 5.91 Å². The molecule has 1 aliphatic heterocycles. The van der Waals surface area contributed by atoms with Crippen molar-refractivity contribution in [1.82, 2.24) is 10.6 Å². The average Bonchev–Trinajstić information content (AvgIpc) is 2.81. The maximum atomic E-state index is 12.8. The minimum absolute atomic E-state index is 0.0971. The summed E-state index contributed by atoms with van der Waals surface area (Å²) in [5, 5.41) is 7.21. The maximum absolute atomic E-state index is 12.8. The zero-order chi connectivity index (χ0) is 22.2. The standard InChI is InChI=1S/C27H29ClN2O2/c28-25-10-7-20(8-11-25)19-30-27(31)23-9-12-26-24(17-23)16-21-5-4-6-22(15-21)18-29-13-2-1-3-14-32-26/h4-12,15,17,29H,1-3,13-14,16,18-19H2,(H,30,31). The van der Waals surface area contributed by atoms with Gasteiger partial charge in [0.15, 0.2) is 0 Å². The molecule has 0 saturated carbocycles. The van der Waals surface area contributed by atoms with Crippen molar-refractivity contribution in [2.75, 3.05) is 13.2 Å². The van der Waals surface area contributed by atoms with Crippen LogP contribution in [0, 0.1) is 0 Å². The van der Waals surface area contributed by atoms with Crippen LogP contribution >= 0.6 is 11.6 Å². The lowest BCUT2D eigenvalue weighted by Gasteiger charge is -2.15. The first-order valence-electron chi connectivity index (χ1n) is 11.2. The molecule has 1 heterocycles. The molecule has 4 rings (SSSR count). The number of rotatable bonds is 3. The molecule has 0 aromatic heterocycles. The summed E-state index contributed by atoms with van der Waals surface area (Å²) in [5.74, 6) is 0.764. The van der Waals surface area contributed by atoms with Crippen molar-refractivity contribution in [2.24, 2.45) is 0 Å². The summed E-state index contributed by atoms with van der Waals surface area (Å²) < 4.78 is 6.11. The second-order valence-electron chi connectivity index (χ2n) is 8.21. The van der Waals surface area contributed by atoms with Gasteiger partial charge in [0.1, 0.15) is 5.75 Å². The van der Waals surface area contributed by atoms with E-state index >= 15 is 0 Å². The van der Waals surface area contributed by atoms with E-state index < -0.39 is 0 Å². The summed E-state index contributed by atoms with van der Waals surface area (Å²) in [7, 11) is 0. The van der Waals surface area contributed by atoms with Crippen LogP contribution in [-0.4, -0.2) is 19.1 Å². The van der Waals surface area contributed by atoms with E-state index in [9.17, 15) is 4.79 Å². The molecule has 3 aromatic rings. The molecule has 0 fully saturated rings. The largest absolute Gasteiger partial charge is 0.493 e. The van der Waals surface area contributed by atoms with E-state index in [1.165, 1.54) is 11.1 Å². The third kappa shape index (κ3) is 6.35. The molecule has 0 aliphatic carbocycles. The number of hydrogen-bond acceptors (Lipinski definition) is 3. The molecule has 0 saturated heterocycles. The van der Waals surface area contributed by atoms with Gasteiger partial charge in [-0.15, -0.1) is 0 Å². The number of halogens is 1. The van der Waals surface area contributed by atoms with Gasteiger partial charge in [-0.3, -0.25) is 4.79 Å². The summed E-state index contributed by atoms with van der Waals surface area (Å²) in [6.07, 6.45) is 4.02. The van der Waals surface area contributed by atoms with Crippen molar-refractivity contribution in [3.8, 4) is 5.75 Å². The Kier molecular flexibility index (Phi) is 7.81. The lowest BCUT2D eigenvalue weighted by atomic mass is 9.99. The zero-order valence-corrected chi connectivity index (χ0v) is 19.0. The van der Waals surface area contributed by atoms with Crippen LogP contribution in [0.25, 0.3) is 0 Å². The van der Waals surface area contributed by atoms with Crippen LogP contribution in [0.2, 0.25) is 5.02 Å². The van der Waals surface area contributed by atoms with E-state index in [2.05, 4.69) is 34.9 Å². The second kappa shape index (κ2) is 11.2.